The molecule has 1 fully saturated rings. The number of aromatic nitrogens is 1. The number of anilines is 2. The standard InChI is InChI=1S/C22H25N3O/c1-16-5-4-6-18(13-16)24-9-11-25(12-10-24)22-14-17(2)23-21-8-7-19(26-3)15-20(21)22/h4-8,13-15H,9-12H2,1-3H3. The van der Waals surface area contributed by atoms with Gasteiger partial charge in [-0.15, -0.1) is 0 Å². The van der Waals surface area contributed by atoms with Gasteiger partial charge in [0.15, 0.2) is 0 Å². The zero-order valence-corrected chi connectivity index (χ0v) is 15.7. The zero-order chi connectivity index (χ0) is 18.1. The van der Waals surface area contributed by atoms with Crippen molar-refractivity contribution in [2.45, 2.75) is 13.8 Å². The topological polar surface area (TPSA) is 28.6 Å². The summed E-state index contributed by atoms with van der Waals surface area (Å²) in [4.78, 5) is 9.63. The van der Waals surface area contributed by atoms with Crippen LogP contribution in [0.3, 0.4) is 0 Å². The zero-order valence-electron chi connectivity index (χ0n) is 15.7. The molecule has 134 valence electrons. The normalized spacial score (nSPS) is 14.7. The van der Waals surface area contributed by atoms with Crippen LogP contribution in [0, 0.1) is 13.8 Å². The number of rotatable bonds is 3. The van der Waals surface area contributed by atoms with Gasteiger partial charge in [-0.25, -0.2) is 0 Å². The molecule has 0 saturated carbocycles. The molecule has 1 saturated heterocycles. The first kappa shape index (κ1) is 16.7. The minimum Gasteiger partial charge on any atom is -0.497 e. The van der Waals surface area contributed by atoms with Crippen LogP contribution in [0.5, 0.6) is 5.75 Å². The second-order valence-corrected chi connectivity index (χ2v) is 6.98. The molecule has 1 aliphatic heterocycles. The van der Waals surface area contributed by atoms with Gasteiger partial charge < -0.3 is 14.5 Å². The van der Waals surface area contributed by atoms with Crippen LogP contribution < -0.4 is 14.5 Å². The fourth-order valence-corrected chi connectivity index (χ4v) is 3.73. The number of benzene rings is 2. The van der Waals surface area contributed by atoms with Gasteiger partial charge in [-0.2, -0.15) is 0 Å². The van der Waals surface area contributed by atoms with Gasteiger partial charge in [0, 0.05) is 48.6 Å². The summed E-state index contributed by atoms with van der Waals surface area (Å²) in [5.41, 5.74) is 5.98. The van der Waals surface area contributed by atoms with Crippen molar-refractivity contribution in [2.24, 2.45) is 0 Å². The molecule has 0 aliphatic carbocycles. The maximum absolute atomic E-state index is 5.43. The molecule has 0 amide bonds. The molecule has 4 nitrogen and oxygen atoms in total. The highest BCUT2D eigenvalue weighted by atomic mass is 16.5. The largest absolute Gasteiger partial charge is 0.497 e. The van der Waals surface area contributed by atoms with Crippen LogP contribution in [-0.2, 0) is 0 Å². The summed E-state index contributed by atoms with van der Waals surface area (Å²) in [6.45, 7) is 8.27. The molecule has 2 aromatic carbocycles. The van der Waals surface area contributed by atoms with E-state index in [9.17, 15) is 0 Å². The molecule has 0 atom stereocenters. The minimum atomic E-state index is 0.878. The fourth-order valence-electron chi connectivity index (χ4n) is 3.73. The van der Waals surface area contributed by atoms with Gasteiger partial charge in [0.25, 0.3) is 0 Å². The summed E-state index contributed by atoms with van der Waals surface area (Å²) >= 11 is 0. The van der Waals surface area contributed by atoms with Crippen molar-refractivity contribution in [3.05, 3.63) is 59.8 Å². The molecular weight excluding hydrogens is 322 g/mol. The van der Waals surface area contributed by atoms with Crippen molar-refractivity contribution in [3.8, 4) is 5.75 Å². The molecule has 0 spiro atoms. The van der Waals surface area contributed by atoms with Crippen LogP contribution in [-0.4, -0.2) is 38.3 Å². The average molecular weight is 347 g/mol. The molecule has 1 aromatic heterocycles. The third-order valence-electron chi connectivity index (χ3n) is 5.11. The summed E-state index contributed by atoms with van der Waals surface area (Å²) in [6.07, 6.45) is 0. The van der Waals surface area contributed by atoms with E-state index in [4.69, 9.17) is 4.74 Å². The highest BCUT2D eigenvalue weighted by molar-refractivity contribution is 5.93. The molecule has 0 unspecified atom stereocenters. The van der Waals surface area contributed by atoms with Crippen molar-refractivity contribution < 1.29 is 4.74 Å². The van der Waals surface area contributed by atoms with E-state index in [1.54, 1.807) is 7.11 Å². The summed E-state index contributed by atoms with van der Waals surface area (Å²) in [5, 5.41) is 1.17. The maximum atomic E-state index is 5.43. The van der Waals surface area contributed by atoms with Crippen LogP contribution >= 0.6 is 0 Å². The van der Waals surface area contributed by atoms with Gasteiger partial charge in [-0.05, 0) is 55.8 Å². The fraction of sp³-hybridized carbons (Fsp3) is 0.318. The second-order valence-electron chi connectivity index (χ2n) is 6.98. The Morgan fingerprint density at radius 1 is 0.885 bits per heavy atom. The molecule has 4 heteroatoms. The van der Waals surface area contributed by atoms with Gasteiger partial charge in [0.2, 0.25) is 0 Å². The Labute approximate surface area is 155 Å². The average Bonchev–Trinajstić information content (AvgIpc) is 2.67. The van der Waals surface area contributed by atoms with Gasteiger partial charge in [0.1, 0.15) is 5.75 Å². The molecule has 4 rings (SSSR count). The number of fused-ring (bicyclic) bond motifs is 1. The third kappa shape index (κ3) is 3.19. The van der Waals surface area contributed by atoms with Crippen LogP contribution in [0.25, 0.3) is 10.9 Å². The van der Waals surface area contributed by atoms with E-state index in [0.29, 0.717) is 0 Å². The number of piperazine rings is 1. The molecule has 2 heterocycles. The summed E-state index contributed by atoms with van der Waals surface area (Å²) < 4.78 is 5.43. The van der Waals surface area contributed by atoms with Crippen molar-refractivity contribution in [1.82, 2.24) is 4.98 Å². The SMILES string of the molecule is COc1ccc2nc(C)cc(N3CCN(c4cccc(C)c4)CC3)c2c1. The molecule has 3 aromatic rings. The number of nitrogens with zero attached hydrogens (tertiary/aromatic N) is 3. The summed E-state index contributed by atoms with van der Waals surface area (Å²) in [6, 6.07) is 17.1. The predicted molar refractivity (Wildman–Crippen MR) is 109 cm³/mol. The van der Waals surface area contributed by atoms with Crippen LogP contribution in [0.4, 0.5) is 11.4 Å². The highest BCUT2D eigenvalue weighted by Gasteiger charge is 2.20. The quantitative estimate of drug-likeness (QED) is 0.710. The Balaban J connectivity index is 1.61. The third-order valence-corrected chi connectivity index (χ3v) is 5.11. The van der Waals surface area contributed by atoms with Crippen molar-refractivity contribution >= 4 is 22.3 Å². The van der Waals surface area contributed by atoms with E-state index in [1.165, 1.54) is 22.3 Å². The van der Waals surface area contributed by atoms with Crippen molar-refractivity contribution in [2.75, 3.05) is 43.1 Å². The van der Waals surface area contributed by atoms with Crippen LogP contribution in [0.15, 0.2) is 48.5 Å². The van der Waals surface area contributed by atoms with Crippen molar-refractivity contribution in [3.63, 3.8) is 0 Å². The molecule has 26 heavy (non-hydrogen) atoms. The Hall–Kier alpha value is -2.75. The first-order chi connectivity index (χ1) is 12.6. The van der Waals surface area contributed by atoms with E-state index in [1.807, 2.05) is 12.1 Å². The lowest BCUT2D eigenvalue weighted by Gasteiger charge is -2.38. The Morgan fingerprint density at radius 2 is 1.65 bits per heavy atom. The number of hydrogen-bond donors (Lipinski definition) is 0. The first-order valence-electron chi connectivity index (χ1n) is 9.16. The number of aryl methyl sites for hydroxylation is 2. The van der Waals surface area contributed by atoms with Crippen LogP contribution in [0.2, 0.25) is 0 Å². The second kappa shape index (κ2) is 6.87. The Morgan fingerprint density at radius 3 is 2.38 bits per heavy atom. The van der Waals surface area contributed by atoms with E-state index in [2.05, 4.69) is 65.0 Å². The highest BCUT2D eigenvalue weighted by Crippen LogP contribution is 2.31. The number of methoxy groups -OCH3 is 1. The first-order valence-corrected chi connectivity index (χ1v) is 9.16. The number of ether oxygens (including phenoxy) is 1. The molecule has 0 bridgehead atoms. The Bertz CT molecular complexity index is 930. The maximum Gasteiger partial charge on any atom is 0.119 e. The molecular formula is C22H25N3O. The number of pyridine rings is 1. The monoisotopic (exact) mass is 347 g/mol. The lowest BCUT2D eigenvalue weighted by Crippen LogP contribution is -2.46. The lowest BCUT2D eigenvalue weighted by molar-refractivity contribution is 0.415. The summed E-state index contributed by atoms with van der Waals surface area (Å²) in [5.74, 6) is 0.878. The molecule has 0 radical (unpaired) electrons. The van der Waals surface area contributed by atoms with E-state index < -0.39 is 0 Å². The number of hydrogen-bond acceptors (Lipinski definition) is 4. The van der Waals surface area contributed by atoms with Gasteiger partial charge in [0.05, 0.1) is 12.6 Å². The predicted octanol–water partition coefficient (Wildman–Crippen LogP) is 4.19. The van der Waals surface area contributed by atoms with Crippen LogP contribution in [0.1, 0.15) is 11.3 Å². The molecule has 1 aliphatic rings. The minimum absolute atomic E-state index is 0.878. The van der Waals surface area contributed by atoms with Crippen molar-refractivity contribution in [1.29, 1.82) is 0 Å². The molecule has 0 N–H and O–H groups in total. The summed E-state index contributed by atoms with van der Waals surface area (Å²) in [7, 11) is 1.71. The lowest BCUT2D eigenvalue weighted by atomic mass is 10.1. The Kier molecular flexibility index (Phi) is 4.41. The van der Waals surface area contributed by atoms with E-state index >= 15 is 0 Å². The van der Waals surface area contributed by atoms with Gasteiger partial charge in [-0.3, -0.25) is 4.98 Å². The van der Waals surface area contributed by atoms with E-state index in [0.717, 1.165) is 43.1 Å². The van der Waals surface area contributed by atoms with E-state index in [-0.39, 0.29) is 0 Å². The van der Waals surface area contributed by atoms with Gasteiger partial charge >= 0.3 is 0 Å². The smallest absolute Gasteiger partial charge is 0.119 e. The van der Waals surface area contributed by atoms with Gasteiger partial charge in [-0.1, -0.05) is 12.1 Å².